The first-order valence-corrected chi connectivity index (χ1v) is 28.9. The van der Waals surface area contributed by atoms with Crippen LogP contribution in [0.25, 0.3) is 0 Å². The number of nitrogens with two attached hydrogens (primary N) is 2. The lowest BCUT2D eigenvalue weighted by Gasteiger charge is -2.27. The Balaban J connectivity index is 3.34. The monoisotopic (exact) mass is 1340 g/mol. The largest absolute Gasteiger partial charge is 0.508 e. The molecule has 0 heterocycles. The Morgan fingerprint density at radius 1 is 0.383 bits per heavy atom. The molecule has 0 aliphatic carbocycles. The summed E-state index contributed by atoms with van der Waals surface area (Å²) in [6, 6.07) is -13.2. The second kappa shape index (κ2) is 41.0. The van der Waals surface area contributed by atoms with Crippen LogP contribution in [0, 0.1) is 5.92 Å². The highest BCUT2D eigenvalue weighted by molar-refractivity contribution is 5.99. The maximum absolute atomic E-state index is 13.8. The van der Waals surface area contributed by atoms with Gasteiger partial charge in [0.15, 0.2) is 0 Å². The third kappa shape index (κ3) is 31.9. The fraction of sp³-hybridized carbons (Fsp3) is 0.564. The molecule has 0 spiro atoms. The first-order valence-electron chi connectivity index (χ1n) is 28.9. The molecule has 0 aromatic heterocycles. The molecule has 12 amide bonds. The molecule has 1 aromatic carbocycles. The number of hydrogen-bond acceptors (Lipinski definition) is 21. The number of nitrogens with one attached hydrogen (secondary N) is 11. The number of benzene rings is 1. The van der Waals surface area contributed by atoms with Crippen LogP contribution in [-0.4, -0.2) is 227 Å². The molecule has 0 aliphatic heterocycles. The Morgan fingerprint density at radius 2 is 0.681 bits per heavy atom. The summed E-state index contributed by atoms with van der Waals surface area (Å²) < 4.78 is 0. The van der Waals surface area contributed by atoms with Gasteiger partial charge in [-0.3, -0.25) is 86.3 Å². The summed E-state index contributed by atoms with van der Waals surface area (Å²) in [5, 5.41) is 99.4. The van der Waals surface area contributed by atoms with Gasteiger partial charge in [0.25, 0.3) is 0 Å². The van der Waals surface area contributed by atoms with Crippen LogP contribution < -0.4 is 70.0 Å². The number of carboxylic acids is 6. The van der Waals surface area contributed by atoms with E-state index in [0.717, 1.165) is 13.8 Å². The van der Waals surface area contributed by atoms with Crippen molar-refractivity contribution in [1.82, 2.24) is 58.5 Å². The van der Waals surface area contributed by atoms with E-state index in [1.54, 1.807) is 0 Å². The van der Waals surface area contributed by atoms with Gasteiger partial charge in [-0.2, -0.15) is 0 Å². The summed E-state index contributed by atoms with van der Waals surface area (Å²) in [6.45, 7) is 3.20. The molecule has 1 rings (SSSR count). The number of amides is 12. The van der Waals surface area contributed by atoms with Crippen molar-refractivity contribution < 1.29 is 127 Å². The summed E-state index contributed by atoms with van der Waals surface area (Å²) in [4.78, 5) is 229. The average molecular weight is 1340 g/mol. The number of primary amides is 1. The fourth-order valence-electron chi connectivity index (χ4n) is 8.16. The molecule has 0 unspecified atom stereocenters. The molecule has 0 bridgehead atoms. The van der Waals surface area contributed by atoms with E-state index in [-0.39, 0.29) is 12.2 Å². The van der Waals surface area contributed by atoms with E-state index in [1.807, 2.05) is 0 Å². The SMILES string of the molecule is CC(C)[C@H](NC(=O)[C@@H](N)CO)C(=O)N[C@@H](CCC(=O)O)C(=O)N[C@@H](C)C(=O)N[C@@H](CCC(=O)O)C(=O)N[C@@H](C)C(=O)N[C@@H](CCC(=O)O)C(=O)N[C@@H](CCC(=O)O)C(=O)NCC(=O)N[C@@H](CCC(=O)O)C(=O)N[C@@H](CCC(=O)O)C(=O)N[C@@H](Cc1ccc(O)cc1)C(N)=O. The van der Waals surface area contributed by atoms with Crippen LogP contribution in [0.3, 0.4) is 0 Å². The van der Waals surface area contributed by atoms with Crippen LogP contribution in [0.4, 0.5) is 0 Å². The summed E-state index contributed by atoms with van der Waals surface area (Å²) in [5.74, 6) is -23.8. The minimum absolute atomic E-state index is 0.128. The van der Waals surface area contributed by atoms with Crippen molar-refractivity contribution in [3.05, 3.63) is 29.8 Å². The molecule has 39 nitrogen and oxygen atoms in total. The molecule has 522 valence electrons. The molecule has 1 aromatic rings. The quantitative estimate of drug-likeness (QED) is 0.0288. The van der Waals surface area contributed by atoms with Crippen LogP contribution >= 0.6 is 0 Å². The van der Waals surface area contributed by atoms with Gasteiger partial charge >= 0.3 is 35.8 Å². The van der Waals surface area contributed by atoms with Crippen LogP contribution in [0.15, 0.2) is 24.3 Å². The third-order valence-electron chi connectivity index (χ3n) is 13.4. The van der Waals surface area contributed by atoms with Gasteiger partial charge in [0.2, 0.25) is 70.9 Å². The zero-order chi connectivity index (χ0) is 71.7. The Hall–Kier alpha value is -10.6. The van der Waals surface area contributed by atoms with Gasteiger partial charge in [-0.15, -0.1) is 0 Å². The third-order valence-corrected chi connectivity index (χ3v) is 13.4. The van der Waals surface area contributed by atoms with Crippen molar-refractivity contribution in [3.8, 4) is 5.75 Å². The van der Waals surface area contributed by atoms with Crippen LogP contribution in [0.5, 0.6) is 5.75 Å². The Labute approximate surface area is 534 Å². The zero-order valence-electron chi connectivity index (χ0n) is 51.4. The van der Waals surface area contributed by atoms with Crippen LogP contribution in [-0.2, 0) is 92.7 Å². The topological polar surface area (TPSA) is 653 Å². The van der Waals surface area contributed by atoms with Crippen LogP contribution in [0.2, 0.25) is 0 Å². The second-order valence-corrected chi connectivity index (χ2v) is 21.6. The standard InChI is InChI=1S/C55H81N13O26/c1-24(2)44(68-48(87)29(56)23-69)55(94)66-33(12-18-41(78)79)51(90)60-25(3)46(85)62-32(11-17-40(76)77)50(89)59-26(4)47(86)63-34(13-19-42(80)81)53(92)64-30(9-15-38(72)73)49(88)58-22-37(71)61-31(10-16-39(74)75)52(91)65-35(14-20-43(82)83)54(93)67-36(45(57)84)21-27-5-7-28(70)8-6-27/h5-8,24-26,29-36,44,69-70H,9-23,56H2,1-4H3,(H2,57,84)(H,58,88)(H,59,89)(H,60,90)(H,61,71)(H,62,85)(H,63,86)(H,64,92)(H,65,91)(H,66,94)(H,67,93)(H,68,87)(H,72,73)(H,74,75)(H,76,77)(H,78,79)(H,80,81)(H,82,83)/t25-,26-,29-,30-,31-,32-,33-,34-,35-,36-,44-/m0/s1. The average Bonchev–Trinajstić information content (AvgIpc) is 0.997. The fourth-order valence-corrected chi connectivity index (χ4v) is 8.16. The number of hydrogen-bond donors (Lipinski definition) is 21. The zero-order valence-corrected chi connectivity index (χ0v) is 51.4. The lowest BCUT2D eigenvalue weighted by Crippen LogP contribution is -2.60. The number of phenols is 1. The number of aliphatic carboxylic acids is 6. The van der Waals surface area contributed by atoms with Gasteiger partial charge in [-0.25, -0.2) is 0 Å². The highest BCUT2D eigenvalue weighted by Gasteiger charge is 2.36. The normalized spacial score (nSPS) is 14.4. The number of carbonyl (C=O) groups is 18. The molecule has 11 atom stereocenters. The van der Waals surface area contributed by atoms with Crippen molar-refractivity contribution >= 4 is 107 Å². The molecule has 0 radical (unpaired) electrons. The molecule has 0 saturated carbocycles. The van der Waals surface area contributed by atoms with E-state index in [9.17, 15) is 127 Å². The van der Waals surface area contributed by atoms with Gasteiger partial charge in [0, 0.05) is 44.9 Å². The van der Waals surface area contributed by atoms with E-state index in [4.69, 9.17) is 11.5 Å². The maximum atomic E-state index is 13.8. The molecule has 39 heteroatoms. The maximum Gasteiger partial charge on any atom is 0.303 e. The van der Waals surface area contributed by atoms with Crippen molar-refractivity contribution in [3.63, 3.8) is 0 Å². The van der Waals surface area contributed by atoms with Gasteiger partial charge < -0.3 is 111 Å². The van der Waals surface area contributed by atoms with E-state index in [0.29, 0.717) is 5.56 Å². The summed E-state index contributed by atoms with van der Waals surface area (Å²) in [7, 11) is 0. The van der Waals surface area contributed by atoms with Crippen LogP contribution in [0.1, 0.15) is 110 Å². The van der Waals surface area contributed by atoms with Crippen molar-refractivity contribution in [1.29, 1.82) is 0 Å². The van der Waals surface area contributed by atoms with Crippen molar-refractivity contribution in [2.24, 2.45) is 17.4 Å². The first kappa shape index (κ1) is 81.4. The summed E-state index contributed by atoms with van der Waals surface area (Å²) >= 11 is 0. The predicted octanol–water partition coefficient (Wildman–Crippen LogP) is -7.41. The Kier molecular flexibility index (Phi) is 35.5. The van der Waals surface area contributed by atoms with Crippen molar-refractivity contribution in [2.75, 3.05) is 13.2 Å². The first-order chi connectivity index (χ1) is 43.8. The second-order valence-electron chi connectivity index (χ2n) is 21.6. The van der Waals surface area contributed by atoms with E-state index >= 15 is 0 Å². The molecule has 94 heavy (non-hydrogen) atoms. The highest BCUT2D eigenvalue weighted by Crippen LogP contribution is 2.13. The summed E-state index contributed by atoms with van der Waals surface area (Å²) in [6.07, 6.45) is -9.03. The van der Waals surface area contributed by atoms with Gasteiger partial charge in [-0.05, 0) is 76.0 Å². The number of aliphatic hydroxyl groups excluding tert-OH is 1. The van der Waals surface area contributed by atoms with Gasteiger partial charge in [0.1, 0.15) is 72.2 Å². The highest BCUT2D eigenvalue weighted by atomic mass is 16.4. The minimum atomic E-state index is -1.92. The number of rotatable bonds is 45. The number of carbonyl (C=O) groups excluding carboxylic acids is 12. The molecule has 23 N–H and O–H groups in total. The number of aliphatic hydroxyl groups is 1. The lowest BCUT2D eigenvalue weighted by molar-refractivity contribution is -0.140. The molecule has 0 aliphatic rings. The number of phenolic OH excluding ortho intramolecular Hbond substituents is 1. The smallest absolute Gasteiger partial charge is 0.303 e. The lowest BCUT2D eigenvalue weighted by atomic mass is 10.0. The van der Waals surface area contributed by atoms with E-state index in [2.05, 4.69) is 58.5 Å². The Morgan fingerprint density at radius 3 is 1.00 bits per heavy atom. The molecular formula is C55H81N13O26. The molecule has 0 fully saturated rings. The Bertz CT molecular complexity index is 2930. The number of aromatic hydroxyl groups is 1. The molecular weight excluding hydrogens is 1260 g/mol. The van der Waals surface area contributed by atoms with Gasteiger partial charge in [0.05, 0.1) is 13.2 Å². The minimum Gasteiger partial charge on any atom is -0.508 e. The van der Waals surface area contributed by atoms with E-state index in [1.165, 1.54) is 38.1 Å². The van der Waals surface area contributed by atoms with Crippen molar-refractivity contribution in [2.45, 2.75) is 178 Å². The number of carboxylic acid groups (broad SMARTS) is 6. The predicted molar refractivity (Wildman–Crippen MR) is 316 cm³/mol. The molecule has 0 saturated heterocycles. The van der Waals surface area contributed by atoms with E-state index < -0.39 is 269 Å². The van der Waals surface area contributed by atoms with Gasteiger partial charge in [-0.1, -0.05) is 26.0 Å². The summed E-state index contributed by atoms with van der Waals surface area (Å²) in [5.41, 5.74) is 11.4.